The fourth-order valence-electron chi connectivity index (χ4n) is 4.24. The summed E-state index contributed by atoms with van der Waals surface area (Å²) in [5.41, 5.74) is -0.765. The monoisotopic (exact) mass is 726 g/mol. The Morgan fingerprint density at radius 1 is 0.702 bits per heavy atom. The minimum atomic E-state index is -4.85. The number of aromatic nitrogens is 2. The number of hydrogen-bond donors (Lipinski definition) is 7. The molecule has 0 bridgehead atoms. The molecule has 0 aliphatic rings. The summed E-state index contributed by atoms with van der Waals surface area (Å²) in [7, 11) is -9.36. The van der Waals surface area contributed by atoms with Gasteiger partial charge in [-0.3, -0.25) is 23.8 Å². The van der Waals surface area contributed by atoms with E-state index < -0.39 is 36.9 Å². The Morgan fingerprint density at radius 3 is 2.02 bits per heavy atom. The number of benzene rings is 4. The average molecular weight is 727 g/mol. The number of rotatable bonds is 12. The van der Waals surface area contributed by atoms with Crippen molar-refractivity contribution in [3.05, 3.63) is 78.1 Å². The highest BCUT2D eigenvalue weighted by molar-refractivity contribution is 7.95. The molecule has 0 aliphatic heterocycles. The van der Waals surface area contributed by atoms with Crippen LogP contribution in [0.15, 0.2) is 86.3 Å². The van der Waals surface area contributed by atoms with Crippen LogP contribution < -0.4 is 10.6 Å². The summed E-state index contributed by atoms with van der Waals surface area (Å²) in [5, 5.41) is 36.7. The Bertz CT molecular complexity index is 2240. The molecule has 18 nitrogen and oxygen atoms in total. The minimum absolute atomic E-state index is 0.0871. The summed E-state index contributed by atoms with van der Waals surface area (Å²) in [5.74, 6) is -1.76. The molecule has 5 aromatic rings. The van der Waals surface area contributed by atoms with Gasteiger partial charge in [-0.15, -0.1) is 8.67 Å². The van der Waals surface area contributed by atoms with Gasteiger partial charge in [0, 0.05) is 11.0 Å². The van der Waals surface area contributed by atoms with Crippen LogP contribution in [0, 0.1) is 0 Å². The Morgan fingerprint density at radius 2 is 1.34 bits per heavy atom. The Kier molecular flexibility index (Phi) is 10.1. The lowest BCUT2D eigenvalue weighted by Crippen LogP contribution is -2.15. The van der Waals surface area contributed by atoms with Gasteiger partial charge in [-0.2, -0.15) is 21.9 Å². The SMILES string of the molecule is O=C(Nc1cc2ccc(S(=O)(=O)O)cc2cc1SOOO)c1cc(C(=O)Nc2cc3ccc(SOOO)cc3cc2S(=O)(=O)O)[nH]n1. The number of hydrogen-bond acceptors (Lipinski definition) is 15. The summed E-state index contributed by atoms with van der Waals surface area (Å²) in [6, 6.07) is 14.5. The number of carbonyl (C=O) groups excluding carboxylic acids is 2. The van der Waals surface area contributed by atoms with Gasteiger partial charge in [0.05, 0.1) is 45.3 Å². The molecule has 4 aromatic carbocycles. The normalized spacial score (nSPS) is 12.0. The first-order valence-corrected chi connectivity index (χ1v) is 16.7. The smallest absolute Gasteiger partial charge is 0.296 e. The molecule has 0 unspecified atom stereocenters. The number of fused-ring (bicyclic) bond motifs is 2. The van der Waals surface area contributed by atoms with Crippen LogP contribution in [0.3, 0.4) is 0 Å². The molecule has 0 spiro atoms. The van der Waals surface area contributed by atoms with Crippen molar-refractivity contribution in [2.45, 2.75) is 19.6 Å². The Labute approximate surface area is 271 Å². The molecular formula is C25H18N4O14S4. The largest absolute Gasteiger partial charge is 0.319 e. The Balaban J connectivity index is 1.39. The first-order chi connectivity index (χ1) is 22.3. The van der Waals surface area contributed by atoms with E-state index in [1.165, 1.54) is 36.4 Å². The number of H-pyrrole nitrogens is 1. The maximum Gasteiger partial charge on any atom is 0.296 e. The van der Waals surface area contributed by atoms with Crippen molar-refractivity contribution in [3.8, 4) is 0 Å². The molecule has 1 heterocycles. The van der Waals surface area contributed by atoms with E-state index in [-0.39, 0.29) is 32.6 Å². The highest BCUT2D eigenvalue weighted by Crippen LogP contribution is 2.34. The molecule has 5 rings (SSSR count). The third kappa shape index (κ3) is 8.04. The molecule has 0 saturated heterocycles. The summed E-state index contributed by atoms with van der Waals surface area (Å²) < 4.78 is 75.4. The van der Waals surface area contributed by atoms with E-state index in [1.807, 2.05) is 0 Å². The van der Waals surface area contributed by atoms with Crippen LogP contribution in [0.1, 0.15) is 21.0 Å². The molecule has 0 radical (unpaired) electrons. The van der Waals surface area contributed by atoms with Crippen molar-refractivity contribution >= 4 is 89.1 Å². The fraction of sp³-hybridized carbons (Fsp3) is 0. The Hall–Kier alpha value is -4.17. The first kappa shape index (κ1) is 34.2. The molecule has 2 amide bonds. The number of aromatic amines is 1. The van der Waals surface area contributed by atoms with Gasteiger partial charge in [-0.25, -0.2) is 10.5 Å². The highest BCUT2D eigenvalue weighted by Gasteiger charge is 2.22. The molecule has 246 valence electrons. The van der Waals surface area contributed by atoms with Gasteiger partial charge < -0.3 is 10.6 Å². The average Bonchev–Trinajstić information content (AvgIpc) is 3.52. The van der Waals surface area contributed by atoms with E-state index in [0.29, 0.717) is 50.5 Å². The van der Waals surface area contributed by atoms with Crippen molar-refractivity contribution in [1.82, 2.24) is 10.2 Å². The number of nitrogens with zero attached hydrogens (tertiary/aromatic N) is 1. The van der Waals surface area contributed by atoms with Crippen molar-refractivity contribution in [2.75, 3.05) is 10.6 Å². The minimum Gasteiger partial charge on any atom is -0.319 e. The van der Waals surface area contributed by atoms with Crippen molar-refractivity contribution < 1.29 is 64.8 Å². The highest BCUT2D eigenvalue weighted by atomic mass is 32.2. The molecule has 0 atom stereocenters. The van der Waals surface area contributed by atoms with Crippen LogP contribution in [0.5, 0.6) is 0 Å². The maximum atomic E-state index is 13.1. The predicted octanol–water partition coefficient (Wildman–Crippen LogP) is 4.57. The zero-order valence-electron chi connectivity index (χ0n) is 22.8. The number of anilines is 2. The van der Waals surface area contributed by atoms with E-state index >= 15 is 0 Å². The van der Waals surface area contributed by atoms with Gasteiger partial charge in [0.2, 0.25) is 0 Å². The van der Waals surface area contributed by atoms with Crippen molar-refractivity contribution in [2.24, 2.45) is 0 Å². The molecule has 1 aromatic heterocycles. The summed E-state index contributed by atoms with van der Waals surface area (Å²) in [6.45, 7) is 0. The zero-order valence-corrected chi connectivity index (χ0v) is 26.1. The second-order valence-electron chi connectivity index (χ2n) is 9.19. The maximum absolute atomic E-state index is 13.1. The molecule has 7 N–H and O–H groups in total. The summed E-state index contributed by atoms with van der Waals surface area (Å²) in [6.07, 6.45) is 0. The third-order valence-corrected chi connectivity index (χ3v) is 9.23. The van der Waals surface area contributed by atoms with Crippen LogP contribution in [0.25, 0.3) is 21.5 Å². The topological polar surface area (TPSA) is 273 Å². The molecule has 0 aliphatic carbocycles. The molecule has 22 heteroatoms. The quantitative estimate of drug-likeness (QED) is 0.0401. The second-order valence-corrected chi connectivity index (χ2v) is 13.5. The number of nitrogens with one attached hydrogen (secondary N) is 3. The van der Waals surface area contributed by atoms with Gasteiger partial charge in [0.15, 0.2) is 5.69 Å². The van der Waals surface area contributed by atoms with Crippen LogP contribution in [-0.4, -0.2) is 58.5 Å². The van der Waals surface area contributed by atoms with E-state index in [2.05, 4.69) is 39.6 Å². The molecule has 0 fully saturated rings. The lowest BCUT2D eigenvalue weighted by atomic mass is 10.1. The van der Waals surface area contributed by atoms with Crippen LogP contribution in [0.2, 0.25) is 0 Å². The van der Waals surface area contributed by atoms with Gasteiger partial charge in [0.25, 0.3) is 32.1 Å². The number of amides is 2. The van der Waals surface area contributed by atoms with Crippen molar-refractivity contribution in [3.63, 3.8) is 0 Å². The fourth-order valence-corrected chi connectivity index (χ4v) is 6.30. The molecular weight excluding hydrogens is 709 g/mol. The van der Waals surface area contributed by atoms with E-state index in [4.69, 9.17) is 10.5 Å². The number of carbonyl (C=O) groups is 2. The molecule has 0 saturated carbocycles. The van der Waals surface area contributed by atoms with Crippen molar-refractivity contribution in [1.29, 1.82) is 0 Å². The standard InChI is InChI=1S/C25H18N4O14S4/c30-24(26-18-7-13-2-4-17(46(34,35)36)6-15(13)9-22(18)45-43-41-33)20-11-21(29-28-20)25(31)27-19-8-12-1-3-16(44-42-40-32)5-14(12)10-23(19)47(37,38)39/h1-11,32-33H,(H,26,30)(H,27,31)(H,28,29)(H,34,35,36)(H,37,38,39). The predicted molar refractivity (Wildman–Crippen MR) is 163 cm³/mol. The van der Waals surface area contributed by atoms with Crippen LogP contribution >= 0.6 is 24.1 Å². The summed E-state index contributed by atoms with van der Waals surface area (Å²) in [4.78, 5) is 25.6. The lowest BCUT2D eigenvalue weighted by molar-refractivity contribution is -0.432. The zero-order chi connectivity index (χ0) is 33.9. The van der Waals surface area contributed by atoms with Gasteiger partial charge >= 0.3 is 0 Å². The van der Waals surface area contributed by atoms with Gasteiger partial charge in [-0.05, 0) is 70.1 Å². The lowest BCUT2D eigenvalue weighted by Gasteiger charge is -2.11. The van der Waals surface area contributed by atoms with E-state index in [9.17, 15) is 35.5 Å². The van der Waals surface area contributed by atoms with E-state index in [0.717, 1.165) is 18.2 Å². The van der Waals surface area contributed by atoms with Crippen LogP contribution in [-0.2, 0) is 39.0 Å². The molecule has 47 heavy (non-hydrogen) atoms. The second kappa shape index (κ2) is 13.9. The third-order valence-electron chi connectivity index (χ3n) is 6.26. The van der Waals surface area contributed by atoms with Gasteiger partial charge in [-0.1, -0.05) is 22.2 Å². The first-order valence-electron chi connectivity index (χ1n) is 12.3. The van der Waals surface area contributed by atoms with Crippen LogP contribution in [0.4, 0.5) is 11.4 Å². The van der Waals surface area contributed by atoms with Gasteiger partial charge in [0.1, 0.15) is 10.6 Å². The van der Waals surface area contributed by atoms with E-state index in [1.54, 1.807) is 12.1 Å². The summed E-state index contributed by atoms with van der Waals surface area (Å²) >= 11 is 1.07.